The van der Waals surface area contributed by atoms with Crippen LogP contribution in [0.3, 0.4) is 0 Å². The average Bonchev–Trinajstić information content (AvgIpc) is 3.20. The Balaban J connectivity index is 1.22. The first-order valence-electron chi connectivity index (χ1n) is 12.1. The summed E-state index contributed by atoms with van der Waals surface area (Å²) >= 11 is 0. The monoisotopic (exact) mass is 484 g/mol. The van der Waals surface area contributed by atoms with E-state index < -0.39 is 29.6 Å². The SMILES string of the molecule is N#Cc1cccc(C2(O)CC3COCC(C2)N3C(=O)OCC2c3ccccc3-c3ccccc32)c1F. The third-order valence-electron chi connectivity index (χ3n) is 7.72. The maximum absolute atomic E-state index is 15.0. The van der Waals surface area contributed by atoms with E-state index in [4.69, 9.17) is 9.47 Å². The lowest BCUT2D eigenvalue weighted by Crippen LogP contribution is -2.62. The minimum Gasteiger partial charge on any atom is -0.448 e. The van der Waals surface area contributed by atoms with Gasteiger partial charge < -0.3 is 14.6 Å². The minimum atomic E-state index is -1.50. The summed E-state index contributed by atoms with van der Waals surface area (Å²) in [6.45, 7) is 0.651. The van der Waals surface area contributed by atoms with Crippen LogP contribution in [0.25, 0.3) is 11.1 Å². The van der Waals surface area contributed by atoms with Crippen LogP contribution in [0, 0.1) is 17.1 Å². The van der Waals surface area contributed by atoms with Gasteiger partial charge in [0.05, 0.1) is 36.5 Å². The zero-order valence-corrected chi connectivity index (χ0v) is 19.6. The highest BCUT2D eigenvalue weighted by Crippen LogP contribution is 2.45. The molecule has 0 aromatic heterocycles. The summed E-state index contributed by atoms with van der Waals surface area (Å²) in [7, 11) is 0. The van der Waals surface area contributed by atoms with Crippen molar-refractivity contribution in [2.24, 2.45) is 0 Å². The molecule has 0 saturated carbocycles. The van der Waals surface area contributed by atoms with Crippen LogP contribution in [-0.2, 0) is 15.1 Å². The summed E-state index contributed by atoms with van der Waals surface area (Å²) in [6, 6.07) is 21.7. The highest BCUT2D eigenvalue weighted by Gasteiger charge is 2.50. The first kappa shape index (κ1) is 22.7. The van der Waals surface area contributed by atoms with Crippen molar-refractivity contribution in [3.8, 4) is 17.2 Å². The number of aliphatic hydroxyl groups is 1. The molecule has 3 aromatic carbocycles. The minimum absolute atomic E-state index is 0.0537. The molecule has 3 aromatic rings. The van der Waals surface area contributed by atoms with Crippen molar-refractivity contribution in [1.29, 1.82) is 5.26 Å². The Labute approximate surface area is 208 Å². The maximum Gasteiger partial charge on any atom is 0.410 e. The summed E-state index contributed by atoms with van der Waals surface area (Å²) < 4.78 is 26.5. The number of benzene rings is 3. The van der Waals surface area contributed by atoms with Crippen molar-refractivity contribution in [2.45, 2.75) is 36.4 Å². The fourth-order valence-corrected chi connectivity index (χ4v) is 6.14. The first-order valence-corrected chi connectivity index (χ1v) is 12.1. The standard InChI is InChI=1S/C29H25FN2O4/c30-27-18(14-31)6-5-11-26(27)29(34)12-19-15-35-16-20(13-29)32(19)28(33)36-17-25-23-9-3-1-7-21(23)22-8-2-4-10-24(22)25/h1-11,19-20,25,34H,12-13,15-17H2. The number of carbonyl (C=O) groups is 1. The van der Waals surface area contributed by atoms with Gasteiger partial charge in [-0.3, -0.25) is 4.90 Å². The van der Waals surface area contributed by atoms with Crippen LogP contribution >= 0.6 is 0 Å². The third kappa shape index (κ3) is 3.57. The Hall–Kier alpha value is -3.73. The van der Waals surface area contributed by atoms with Gasteiger partial charge in [-0.15, -0.1) is 0 Å². The molecule has 2 heterocycles. The van der Waals surface area contributed by atoms with Gasteiger partial charge in [0, 0.05) is 24.3 Å². The Morgan fingerprint density at radius 3 is 2.25 bits per heavy atom. The van der Waals surface area contributed by atoms with E-state index in [1.807, 2.05) is 30.3 Å². The molecular weight excluding hydrogens is 459 g/mol. The average molecular weight is 485 g/mol. The Morgan fingerprint density at radius 1 is 1.03 bits per heavy atom. The molecule has 1 aliphatic carbocycles. The summed E-state index contributed by atoms with van der Waals surface area (Å²) in [4.78, 5) is 15.0. The highest BCUT2D eigenvalue weighted by molar-refractivity contribution is 5.79. The number of nitrogens with zero attached hydrogens (tertiary/aromatic N) is 2. The van der Waals surface area contributed by atoms with Crippen molar-refractivity contribution >= 4 is 6.09 Å². The van der Waals surface area contributed by atoms with Gasteiger partial charge >= 0.3 is 6.09 Å². The van der Waals surface area contributed by atoms with E-state index in [-0.39, 0.29) is 49.7 Å². The maximum atomic E-state index is 15.0. The lowest BCUT2D eigenvalue weighted by Gasteiger charge is -2.51. The molecule has 6 nitrogen and oxygen atoms in total. The van der Waals surface area contributed by atoms with E-state index in [0.29, 0.717) is 0 Å². The van der Waals surface area contributed by atoms with Crippen molar-refractivity contribution in [3.63, 3.8) is 0 Å². The second kappa shape index (κ2) is 8.74. The van der Waals surface area contributed by atoms with E-state index in [1.165, 1.54) is 12.1 Å². The Morgan fingerprint density at radius 2 is 1.64 bits per heavy atom. The molecule has 182 valence electrons. The largest absolute Gasteiger partial charge is 0.448 e. The lowest BCUT2D eigenvalue weighted by molar-refractivity contribution is -0.137. The third-order valence-corrected chi connectivity index (χ3v) is 7.72. The number of carbonyl (C=O) groups excluding carboxylic acids is 1. The number of piperidine rings is 1. The van der Waals surface area contributed by atoms with Crippen LogP contribution in [0.2, 0.25) is 0 Å². The van der Waals surface area contributed by atoms with E-state index in [1.54, 1.807) is 11.0 Å². The molecule has 2 unspecified atom stereocenters. The second-order valence-electron chi connectivity index (χ2n) is 9.78. The fraction of sp³-hybridized carbons (Fsp3) is 0.310. The van der Waals surface area contributed by atoms with E-state index >= 15 is 0 Å². The molecule has 2 saturated heterocycles. The molecule has 3 aliphatic rings. The number of hydrogen-bond acceptors (Lipinski definition) is 5. The Bertz CT molecular complexity index is 1320. The molecule has 7 heteroatoms. The van der Waals surface area contributed by atoms with Gasteiger partial charge in [0.2, 0.25) is 0 Å². The summed E-state index contributed by atoms with van der Waals surface area (Å²) in [5.74, 6) is -0.766. The van der Waals surface area contributed by atoms with Crippen molar-refractivity contribution in [2.75, 3.05) is 19.8 Å². The van der Waals surface area contributed by atoms with Gasteiger partial charge in [0.1, 0.15) is 18.5 Å². The van der Waals surface area contributed by atoms with Crippen molar-refractivity contribution < 1.29 is 23.8 Å². The predicted molar refractivity (Wildman–Crippen MR) is 130 cm³/mol. The molecule has 2 atom stereocenters. The molecule has 1 amide bonds. The number of halogens is 1. The highest BCUT2D eigenvalue weighted by atomic mass is 19.1. The van der Waals surface area contributed by atoms with Crippen molar-refractivity contribution in [1.82, 2.24) is 4.90 Å². The van der Waals surface area contributed by atoms with E-state index in [2.05, 4.69) is 24.3 Å². The van der Waals surface area contributed by atoms with Crippen LogP contribution in [-0.4, -0.2) is 48.0 Å². The molecule has 2 aliphatic heterocycles. The normalized spacial score (nSPS) is 24.5. The van der Waals surface area contributed by atoms with Gasteiger partial charge in [-0.05, 0) is 28.3 Å². The second-order valence-corrected chi connectivity index (χ2v) is 9.78. The van der Waals surface area contributed by atoms with E-state index in [9.17, 15) is 19.6 Å². The number of ether oxygens (including phenoxy) is 2. The number of morpholine rings is 1. The summed E-state index contributed by atoms with van der Waals surface area (Å²) in [6.07, 6.45) is -0.262. The molecule has 0 spiro atoms. The zero-order chi connectivity index (χ0) is 24.9. The van der Waals surface area contributed by atoms with Gasteiger partial charge in [-0.1, -0.05) is 60.7 Å². The smallest absolute Gasteiger partial charge is 0.410 e. The number of amides is 1. The molecule has 2 fully saturated rings. The number of rotatable bonds is 3. The van der Waals surface area contributed by atoms with Crippen LogP contribution < -0.4 is 0 Å². The number of fused-ring (bicyclic) bond motifs is 5. The fourth-order valence-electron chi connectivity index (χ4n) is 6.14. The number of nitriles is 1. The molecule has 1 N–H and O–H groups in total. The molecule has 2 bridgehead atoms. The lowest BCUT2D eigenvalue weighted by atomic mass is 9.76. The number of hydrogen-bond donors (Lipinski definition) is 1. The zero-order valence-electron chi connectivity index (χ0n) is 19.6. The van der Waals surface area contributed by atoms with Crippen LogP contribution in [0.4, 0.5) is 9.18 Å². The van der Waals surface area contributed by atoms with Gasteiger partial charge in [-0.25, -0.2) is 9.18 Å². The van der Waals surface area contributed by atoms with Crippen LogP contribution in [0.15, 0.2) is 66.7 Å². The van der Waals surface area contributed by atoms with Gasteiger partial charge in [-0.2, -0.15) is 5.26 Å². The van der Waals surface area contributed by atoms with Crippen LogP contribution in [0.1, 0.15) is 41.0 Å². The molecule has 6 rings (SSSR count). The van der Waals surface area contributed by atoms with Crippen molar-refractivity contribution in [3.05, 3.63) is 94.8 Å². The molecular formula is C29H25FN2O4. The van der Waals surface area contributed by atoms with Crippen LogP contribution in [0.5, 0.6) is 0 Å². The van der Waals surface area contributed by atoms with E-state index in [0.717, 1.165) is 22.3 Å². The van der Waals surface area contributed by atoms with Gasteiger partial charge in [0.25, 0.3) is 0 Å². The predicted octanol–water partition coefficient (Wildman–Crippen LogP) is 4.70. The Kier molecular flexibility index (Phi) is 5.51. The topological polar surface area (TPSA) is 82.8 Å². The summed E-state index contributed by atoms with van der Waals surface area (Å²) in [5.41, 5.74) is 3.06. The van der Waals surface area contributed by atoms with Gasteiger partial charge in [0.15, 0.2) is 0 Å². The quantitative estimate of drug-likeness (QED) is 0.583. The summed E-state index contributed by atoms with van der Waals surface area (Å²) in [5, 5.41) is 20.7. The first-order chi connectivity index (χ1) is 17.5. The molecule has 36 heavy (non-hydrogen) atoms. The molecule has 0 radical (unpaired) electrons.